The van der Waals surface area contributed by atoms with E-state index in [2.05, 4.69) is 14.7 Å². The van der Waals surface area contributed by atoms with Crippen LogP contribution in [0.3, 0.4) is 0 Å². The molecule has 24 heavy (non-hydrogen) atoms. The van der Waals surface area contributed by atoms with E-state index >= 15 is 0 Å². The van der Waals surface area contributed by atoms with Gasteiger partial charge in [0.05, 0.1) is 5.75 Å². The minimum absolute atomic E-state index is 0.193. The van der Waals surface area contributed by atoms with E-state index in [9.17, 15) is 9.18 Å². The van der Waals surface area contributed by atoms with Crippen LogP contribution in [0.1, 0.15) is 5.56 Å². The van der Waals surface area contributed by atoms with Crippen LogP contribution < -0.4 is 5.32 Å². The van der Waals surface area contributed by atoms with Gasteiger partial charge >= 0.3 is 0 Å². The predicted octanol–water partition coefficient (Wildman–Crippen LogP) is 4.38. The lowest BCUT2D eigenvalue weighted by Gasteiger charge is -2.03. The first kappa shape index (κ1) is 16.6. The number of hydrogen-bond acceptors (Lipinski definition) is 5. The number of thioether (sulfide) groups is 1. The maximum Gasteiger partial charge on any atom is 0.234 e. The fourth-order valence-electron chi connectivity index (χ4n) is 2.06. The van der Waals surface area contributed by atoms with Crippen molar-refractivity contribution in [3.05, 3.63) is 59.9 Å². The molecule has 0 bridgehead atoms. The fraction of sp³-hybridized carbons (Fsp3) is 0.118. The van der Waals surface area contributed by atoms with Crippen LogP contribution in [0.15, 0.2) is 52.9 Å². The molecule has 0 spiro atoms. The maximum absolute atomic E-state index is 13.1. The quantitative estimate of drug-likeness (QED) is 0.687. The van der Waals surface area contributed by atoms with Gasteiger partial charge in [0.15, 0.2) is 10.2 Å². The van der Waals surface area contributed by atoms with E-state index in [1.54, 1.807) is 12.1 Å². The Kier molecular flexibility index (Phi) is 5.22. The molecule has 0 radical (unpaired) electrons. The first-order valence-electron chi connectivity index (χ1n) is 7.19. The molecule has 0 aliphatic heterocycles. The van der Waals surface area contributed by atoms with Crippen molar-refractivity contribution < 1.29 is 9.18 Å². The Balaban J connectivity index is 1.58. The van der Waals surface area contributed by atoms with Crippen molar-refractivity contribution in [3.8, 4) is 11.4 Å². The van der Waals surface area contributed by atoms with Crippen molar-refractivity contribution >= 4 is 34.9 Å². The molecule has 0 atom stereocenters. The number of benzene rings is 2. The fourth-order valence-corrected chi connectivity index (χ4v) is 3.48. The van der Waals surface area contributed by atoms with Gasteiger partial charge in [0, 0.05) is 11.3 Å². The maximum atomic E-state index is 13.1. The third-order valence-corrected chi connectivity index (χ3v) is 4.95. The van der Waals surface area contributed by atoms with E-state index in [0.717, 1.165) is 15.5 Å². The number of aryl methyl sites for hydroxylation is 1. The van der Waals surface area contributed by atoms with Crippen LogP contribution in [0, 0.1) is 12.7 Å². The van der Waals surface area contributed by atoms with Crippen LogP contribution in [0.4, 0.5) is 10.1 Å². The van der Waals surface area contributed by atoms with Gasteiger partial charge in [-0.3, -0.25) is 4.79 Å². The molecule has 1 heterocycles. The van der Waals surface area contributed by atoms with E-state index in [1.807, 2.05) is 31.2 Å². The average molecular weight is 359 g/mol. The summed E-state index contributed by atoms with van der Waals surface area (Å²) in [7, 11) is 0. The Morgan fingerprint density at radius 2 is 2.08 bits per heavy atom. The molecule has 3 rings (SSSR count). The van der Waals surface area contributed by atoms with Gasteiger partial charge in [-0.25, -0.2) is 9.37 Å². The normalized spacial score (nSPS) is 10.6. The number of hydrogen-bond donors (Lipinski definition) is 1. The monoisotopic (exact) mass is 359 g/mol. The van der Waals surface area contributed by atoms with Crippen molar-refractivity contribution in [1.82, 2.24) is 9.36 Å². The molecule has 1 aromatic heterocycles. The summed E-state index contributed by atoms with van der Waals surface area (Å²) in [5.41, 5.74) is 2.55. The zero-order valence-corrected chi connectivity index (χ0v) is 14.5. The first-order valence-corrected chi connectivity index (χ1v) is 8.95. The summed E-state index contributed by atoms with van der Waals surface area (Å²) in [5.74, 6) is 0.265. The minimum Gasteiger partial charge on any atom is -0.325 e. The second-order valence-corrected chi connectivity index (χ2v) is 7.07. The van der Waals surface area contributed by atoms with Crippen molar-refractivity contribution in [2.45, 2.75) is 11.3 Å². The number of carbonyl (C=O) groups excluding carboxylic acids is 1. The Labute approximate surface area is 147 Å². The number of halogens is 1. The van der Waals surface area contributed by atoms with Crippen LogP contribution in [0.2, 0.25) is 0 Å². The topological polar surface area (TPSA) is 54.9 Å². The molecule has 0 aliphatic rings. The molecule has 4 nitrogen and oxygen atoms in total. The van der Waals surface area contributed by atoms with Crippen LogP contribution in [0.25, 0.3) is 11.4 Å². The highest BCUT2D eigenvalue weighted by molar-refractivity contribution is 8.01. The van der Waals surface area contributed by atoms with E-state index in [0.29, 0.717) is 11.5 Å². The Morgan fingerprint density at radius 1 is 1.25 bits per heavy atom. The van der Waals surface area contributed by atoms with Gasteiger partial charge in [0.1, 0.15) is 5.82 Å². The summed E-state index contributed by atoms with van der Waals surface area (Å²) < 4.78 is 18.1. The zero-order valence-electron chi connectivity index (χ0n) is 12.8. The number of rotatable bonds is 5. The zero-order chi connectivity index (χ0) is 16.9. The highest BCUT2D eigenvalue weighted by atomic mass is 32.2. The highest BCUT2D eigenvalue weighted by Crippen LogP contribution is 2.25. The van der Waals surface area contributed by atoms with Gasteiger partial charge in [0.25, 0.3) is 0 Å². The molecule has 122 valence electrons. The van der Waals surface area contributed by atoms with Crippen molar-refractivity contribution in [2.75, 3.05) is 11.1 Å². The number of amides is 1. The Morgan fingerprint density at radius 3 is 2.88 bits per heavy atom. The average Bonchev–Trinajstić information content (AvgIpc) is 3.02. The number of carbonyl (C=O) groups is 1. The SMILES string of the molecule is Cc1cccc(-c2nsc(SCC(=O)Nc3cccc(F)c3)n2)c1. The predicted molar refractivity (Wildman–Crippen MR) is 95.8 cm³/mol. The molecule has 0 fully saturated rings. The van der Waals surface area contributed by atoms with E-state index < -0.39 is 0 Å². The van der Waals surface area contributed by atoms with Crippen LogP contribution in [-0.4, -0.2) is 21.0 Å². The minimum atomic E-state index is -0.382. The third kappa shape index (κ3) is 4.39. The van der Waals surface area contributed by atoms with Crippen molar-refractivity contribution in [3.63, 3.8) is 0 Å². The van der Waals surface area contributed by atoms with Crippen LogP contribution >= 0.6 is 23.3 Å². The van der Waals surface area contributed by atoms with Crippen molar-refractivity contribution in [2.24, 2.45) is 0 Å². The van der Waals surface area contributed by atoms with E-state index in [1.165, 1.54) is 35.4 Å². The van der Waals surface area contributed by atoms with E-state index in [-0.39, 0.29) is 17.5 Å². The molecule has 0 saturated carbocycles. The molecular weight excluding hydrogens is 345 g/mol. The van der Waals surface area contributed by atoms with Crippen LogP contribution in [0.5, 0.6) is 0 Å². The standard InChI is InChI=1S/C17H14FN3OS2/c1-11-4-2-5-12(8-11)16-20-17(24-21-16)23-10-15(22)19-14-7-3-6-13(18)9-14/h2-9H,10H2,1H3,(H,19,22). The first-order chi connectivity index (χ1) is 11.6. The third-order valence-electron chi connectivity index (χ3n) is 3.12. The molecule has 0 saturated heterocycles. The number of nitrogens with one attached hydrogen (secondary N) is 1. The van der Waals surface area contributed by atoms with Crippen molar-refractivity contribution in [1.29, 1.82) is 0 Å². The van der Waals surface area contributed by atoms with Gasteiger partial charge in [0.2, 0.25) is 5.91 Å². The molecule has 0 unspecified atom stereocenters. The van der Waals surface area contributed by atoms with Crippen LogP contribution in [-0.2, 0) is 4.79 Å². The second-order valence-electron chi connectivity index (χ2n) is 5.10. The molecule has 7 heteroatoms. The summed E-state index contributed by atoms with van der Waals surface area (Å²) in [5, 5.41) is 2.66. The largest absolute Gasteiger partial charge is 0.325 e. The molecule has 0 aliphatic carbocycles. The molecule has 3 aromatic rings. The number of anilines is 1. The number of nitrogens with zero attached hydrogens (tertiary/aromatic N) is 2. The van der Waals surface area contributed by atoms with Gasteiger partial charge in [-0.2, -0.15) is 4.37 Å². The molecule has 1 N–H and O–H groups in total. The lowest BCUT2D eigenvalue weighted by Crippen LogP contribution is -2.13. The summed E-state index contributed by atoms with van der Waals surface area (Å²) in [6.07, 6.45) is 0. The molecule has 2 aromatic carbocycles. The smallest absolute Gasteiger partial charge is 0.234 e. The molecular formula is C17H14FN3OS2. The Bertz CT molecular complexity index is 866. The lowest BCUT2D eigenvalue weighted by molar-refractivity contribution is -0.113. The Hall–Kier alpha value is -2.25. The summed E-state index contributed by atoms with van der Waals surface area (Å²) in [6.45, 7) is 2.02. The van der Waals surface area contributed by atoms with Gasteiger partial charge in [-0.15, -0.1) is 0 Å². The summed E-state index contributed by atoms with van der Waals surface area (Å²) >= 11 is 2.57. The number of aromatic nitrogens is 2. The van der Waals surface area contributed by atoms with Gasteiger partial charge in [-0.1, -0.05) is 41.6 Å². The van der Waals surface area contributed by atoms with E-state index in [4.69, 9.17) is 0 Å². The molecule has 1 amide bonds. The lowest BCUT2D eigenvalue weighted by atomic mass is 10.1. The summed E-state index contributed by atoms with van der Waals surface area (Å²) in [4.78, 5) is 16.4. The highest BCUT2D eigenvalue weighted by Gasteiger charge is 2.10. The van der Waals surface area contributed by atoms with Gasteiger partial charge in [-0.05, 0) is 42.7 Å². The summed E-state index contributed by atoms with van der Waals surface area (Å²) in [6, 6.07) is 13.8. The second kappa shape index (κ2) is 7.55. The van der Waals surface area contributed by atoms with Gasteiger partial charge < -0.3 is 5.32 Å².